The van der Waals surface area contributed by atoms with E-state index in [-0.39, 0.29) is 0 Å². The zero-order valence-corrected chi connectivity index (χ0v) is 12.0. The highest BCUT2D eigenvalue weighted by Gasteiger charge is 2.04. The molecule has 19 heavy (non-hydrogen) atoms. The third-order valence-corrected chi connectivity index (χ3v) is 3.51. The summed E-state index contributed by atoms with van der Waals surface area (Å²) in [5, 5.41) is 13.1. The van der Waals surface area contributed by atoms with Crippen LogP contribution in [0.25, 0.3) is 0 Å². The standard InChI is InChI=1S/C17H21NO/c1-11-5-6-15(12(2)7-11)10-18-16-8-14(4)17(19)9-13(16)3/h5-9,18-19H,10H2,1-4H3. The van der Waals surface area contributed by atoms with E-state index in [4.69, 9.17) is 0 Å². The number of nitrogens with one attached hydrogen (secondary N) is 1. The van der Waals surface area contributed by atoms with Crippen molar-refractivity contribution in [1.82, 2.24) is 0 Å². The molecule has 0 aliphatic rings. The number of hydrogen-bond acceptors (Lipinski definition) is 2. The predicted octanol–water partition coefficient (Wildman–Crippen LogP) is 4.24. The first kappa shape index (κ1) is 13.5. The van der Waals surface area contributed by atoms with Gasteiger partial charge in [-0.1, -0.05) is 23.8 Å². The lowest BCUT2D eigenvalue weighted by Crippen LogP contribution is -2.03. The Morgan fingerprint density at radius 2 is 1.63 bits per heavy atom. The molecule has 2 heteroatoms. The molecule has 2 rings (SSSR count). The van der Waals surface area contributed by atoms with Gasteiger partial charge in [0.2, 0.25) is 0 Å². The van der Waals surface area contributed by atoms with E-state index in [1.165, 1.54) is 16.7 Å². The topological polar surface area (TPSA) is 32.3 Å². The molecular weight excluding hydrogens is 234 g/mol. The molecule has 100 valence electrons. The summed E-state index contributed by atoms with van der Waals surface area (Å²) in [6.07, 6.45) is 0. The molecule has 0 spiro atoms. The molecule has 0 radical (unpaired) electrons. The molecule has 2 N–H and O–H groups in total. The van der Waals surface area contributed by atoms with E-state index in [2.05, 4.69) is 37.4 Å². The number of phenols is 1. The summed E-state index contributed by atoms with van der Waals surface area (Å²) in [5.74, 6) is 0.356. The van der Waals surface area contributed by atoms with Gasteiger partial charge in [0.25, 0.3) is 0 Å². The molecule has 0 fully saturated rings. The molecule has 2 nitrogen and oxygen atoms in total. The van der Waals surface area contributed by atoms with Gasteiger partial charge in [-0.2, -0.15) is 0 Å². The highest BCUT2D eigenvalue weighted by atomic mass is 16.3. The van der Waals surface area contributed by atoms with Gasteiger partial charge in [-0.15, -0.1) is 0 Å². The summed E-state index contributed by atoms with van der Waals surface area (Å²) in [6, 6.07) is 10.3. The fourth-order valence-electron chi connectivity index (χ4n) is 2.23. The van der Waals surface area contributed by atoms with Gasteiger partial charge in [0, 0.05) is 12.2 Å². The van der Waals surface area contributed by atoms with Gasteiger partial charge >= 0.3 is 0 Å². The summed E-state index contributed by atoms with van der Waals surface area (Å²) in [6.45, 7) is 8.97. The van der Waals surface area contributed by atoms with Gasteiger partial charge in [-0.05, 0) is 62.1 Å². The Bertz CT molecular complexity index is 602. The molecule has 0 heterocycles. The molecule has 0 bridgehead atoms. The summed E-state index contributed by atoms with van der Waals surface area (Å²) in [4.78, 5) is 0. The Morgan fingerprint density at radius 3 is 2.32 bits per heavy atom. The van der Waals surface area contributed by atoms with Gasteiger partial charge in [0.15, 0.2) is 0 Å². The van der Waals surface area contributed by atoms with Crippen molar-refractivity contribution in [3.05, 3.63) is 58.1 Å². The Hall–Kier alpha value is -1.96. The summed E-state index contributed by atoms with van der Waals surface area (Å²) < 4.78 is 0. The summed E-state index contributed by atoms with van der Waals surface area (Å²) in [7, 11) is 0. The maximum absolute atomic E-state index is 9.66. The summed E-state index contributed by atoms with van der Waals surface area (Å²) in [5.41, 5.74) is 6.94. The molecule has 0 atom stereocenters. The van der Waals surface area contributed by atoms with Crippen LogP contribution in [-0.4, -0.2) is 5.11 Å². The number of anilines is 1. The second-order valence-corrected chi connectivity index (χ2v) is 5.24. The zero-order chi connectivity index (χ0) is 14.0. The van der Waals surface area contributed by atoms with Crippen LogP contribution in [0.5, 0.6) is 5.75 Å². The average Bonchev–Trinajstić information content (AvgIpc) is 2.34. The van der Waals surface area contributed by atoms with Crippen LogP contribution in [0.4, 0.5) is 5.69 Å². The van der Waals surface area contributed by atoms with Crippen LogP contribution >= 0.6 is 0 Å². The highest BCUT2D eigenvalue weighted by Crippen LogP contribution is 2.25. The first-order valence-corrected chi connectivity index (χ1v) is 6.57. The van der Waals surface area contributed by atoms with Gasteiger partial charge in [0.1, 0.15) is 5.75 Å². The molecule has 2 aromatic carbocycles. The van der Waals surface area contributed by atoms with Crippen LogP contribution in [0.15, 0.2) is 30.3 Å². The minimum atomic E-state index is 0.356. The number of aryl methyl sites for hydroxylation is 4. The largest absolute Gasteiger partial charge is 0.508 e. The van der Waals surface area contributed by atoms with Crippen LogP contribution in [0.3, 0.4) is 0 Å². The number of phenolic OH excluding ortho intramolecular Hbond substituents is 1. The molecule has 0 saturated heterocycles. The van der Waals surface area contributed by atoms with Crippen molar-refractivity contribution in [3.8, 4) is 5.75 Å². The van der Waals surface area contributed by atoms with E-state index in [1.807, 2.05) is 19.9 Å². The van der Waals surface area contributed by atoms with Crippen molar-refractivity contribution in [2.75, 3.05) is 5.32 Å². The van der Waals surface area contributed by atoms with E-state index in [0.717, 1.165) is 23.4 Å². The van der Waals surface area contributed by atoms with E-state index in [9.17, 15) is 5.11 Å². The molecule has 0 saturated carbocycles. The second kappa shape index (κ2) is 5.35. The Morgan fingerprint density at radius 1 is 0.895 bits per heavy atom. The Balaban J connectivity index is 2.16. The monoisotopic (exact) mass is 255 g/mol. The first-order chi connectivity index (χ1) is 8.97. The minimum Gasteiger partial charge on any atom is -0.508 e. The number of rotatable bonds is 3. The maximum Gasteiger partial charge on any atom is 0.118 e. The van der Waals surface area contributed by atoms with Gasteiger partial charge in [-0.3, -0.25) is 0 Å². The third kappa shape index (κ3) is 3.08. The smallest absolute Gasteiger partial charge is 0.118 e. The van der Waals surface area contributed by atoms with Crippen molar-refractivity contribution in [1.29, 1.82) is 0 Å². The molecule has 0 aliphatic carbocycles. The molecule has 0 aromatic heterocycles. The van der Waals surface area contributed by atoms with Gasteiger partial charge < -0.3 is 10.4 Å². The lowest BCUT2D eigenvalue weighted by atomic mass is 10.0. The highest BCUT2D eigenvalue weighted by molar-refractivity contribution is 5.57. The van der Waals surface area contributed by atoms with Crippen molar-refractivity contribution < 1.29 is 5.11 Å². The van der Waals surface area contributed by atoms with Crippen molar-refractivity contribution in [2.45, 2.75) is 34.2 Å². The fraction of sp³-hybridized carbons (Fsp3) is 0.294. The quantitative estimate of drug-likeness (QED) is 0.804. The zero-order valence-electron chi connectivity index (χ0n) is 12.0. The van der Waals surface area contributed by atoms with E-state index in [0.29, 0.717) is 5.75 Å². The van der Waals surface area contributed by atoms with Crippen molar-refractivity contribution in [2.24, 2.45) is 0 Å². The number of hydrogen-bond donors (Lipinski definition) is 2. The van der Waals surface area contributed by atoms with Crippen LogP contribution < -0.4 is 5.32 Å². The van der Waals surface area contributed by atoms with E-state index >= 15 is 0 Å². The van der Waals surface area contributed by atoms with Crippen LogP contribution in [0.2, 0.25) is 0 Å². The summed E-state index contributed by atoms with van der Waals surface area (Å²) >= 11 is 0. The third-order valence-electron chi connectivity index (χ3n) is 3.51. The van der Waals surface area contributed by atoms with E-state index in [1.54, 1.807) is 6.07 Å². The Labute approximate surface area is 115 Å². The lowest BCUT2D eigenvalue weighted by Gasteiger charge is -2.13. The normalized spacial score (nSPS) is 10.5. The maximum atomic E-state index is 9.66. The molecule has 0 amide bonds. The van der Waals surface area contributed by atoms with Crippen LogP contribution in [-0.2, 0) is 6.54 Å². The Kier molecular flexibility index (Phi) is 3.79. The molecular formula is C17H21NO. The molecule has 0 unspecified atom stereocenters. The predicted molar refractivity (Wildman–Crippen MR) is 80.8 cm³/mol. The average molecular weight is 255 g/mol. The first-order valence-electron chi connectivity index (χ1n) is 6.57. The number of benzene rings is 2. The SMILES string of the molecule is Cc1ccc(CNc2cc(C)c(O)cc2C)c(C)c1. The van der Waals surface area contributed by atoms with E-state index < -0.39 is 0 Å². The van der Waals surface area contributed by atoms with Gasteiger partial charge in [0.05, 0.1) is 0 Å². The number of aromatic hydroxyl groups is 1. The lowest BCUT2D eigenvalue weighted by molar-refractivity contribution is 0.471. The molecule has 0 aliphatic heterocycles. The van der Waals surface area contributed by atoms with Crippen LogP contribution in [0.1, 0.15) is 27.8 Å². The minimum absolute atomic E-state index is 0.356. The second-order valence-electron chi connectivity index (χ2n) is 5.24. The van der Waals surface area contributed by atoms with Crippen molar-refractivity contribution in [3.63, 3.8) is 0 Å². The van der Waals surface area contributed by atoms with Crippen LogP contribution in [0, 0.1) is 27.7 Å². The fourth-order valence-corrected chi connectivity index (χ4v) is 2.23. The van der Waals surface area contributed by atoms with Crippen molar-refractivity contribution >= 4 is 5.69 Å². The van der Waals surface area contributed by atoms with Gasteiger partial charge in [-0.25, -0.2) is 0 Å². The molecule has 2 aromatic rings.